The summed E-state index contributed by atoms with van der Waals surface area (Å²) in [5.74, 6) is -4.30. The van der Waals surface area contributed by atoms with E-state index in [0.29, 0.717) is 35.2 Å². The number of nitrogens with one attached hydrogen (secondary N) is 2. The number of amides is 4. The molecule has 33 heavy (non-hydrogen) atoms. The van der Waals surface area contributed by atoms with Crippen molar-refractivity contribution in [3.8, 4) is 0 Å². The van der Waals surface area contributed by atoms with E-state index in [1.165, 1.54) is 24.3 Å². The first kappa shape index (κ1) is 24.9. The number of hydrogen-bond acceptors (Lipinski definition) is 6. The van der Waals surface area contributed by atoms with Gasteiger partial charge in [-0.25, -0.2) is 4.79 Å². The molecule has 1 aliphatic carbocycles. The molecule has 1 aromatic rings. The van der Waals surface area contributed by atoms with Gasteiger partial charge in [0.2, 0.25) is 0 Å². The molecule has 1 aliphatic heterocycles. The second-order valence-corrected chi connectivity index (χ2v) is 10.4. The fourth-order valence-corrected chi connectivity index (χ4v) is 5.39. The van der Waals surface area contributed by atoms with Gasteiger partial charge in [-0.2, -0.15) is 8.78 Å². The lowest BCUT2D eigenvalue weighted by atomic mass is 9.64. The molecule has 0 bridgehead atoms. The van der Waals surface area contributed by atoms with Gasteiger partial charge in [0, 0.05) is 10.6 Å². The van der Waals surface area contributed by atoms with E-state index in [4.69, 9.17) is 4.74 Å². The average Bonchev–Trinajstić information content (AvgIpc) is 2.89. The van der Waals surface area contributed by atoms with E-state index in [0.717, 1.165) is 11.3 Å². The van der Waals surface area contributed by atoms with Crippen molar-refractivity contribution in [3.63, 3.8) is 0 Å². The number of urea groups is 1. The van der Waals surface area contributed by atoms with Crippen molar-refractivity contribution in [2.45, 2.75) is 56.2 Å². The Morgan fingerprint density at radius 2 is 1.91 bits per heavy atom. The molecule has 180 valence electrons. The summed E-state index contributed by atoms with van der Waals surface area (Å²) in [6, 6.07) is 5.11. The van der Waals surface area contributed by atoms with Gasteiger partial charge >= 0.3 is 12.0 Å². The standard InChI is InChI=1S/C22H27F2N3O5S/c1-13-8-21(2,3)12-22(9-13)18(30)27(20(31)26-22)10-17(29)32-11-16(28)25-14-4-6-15(7-5-14)33-19(23)24/h4-7,13,19H,8-12H2,1-3H3,(H,25,28)(H,26,31). The summed E-state index contributed by atoms with van der Waals surface area (Å²) in [7, 11) is 0. The molecule has 1 saturated carbocycles. The fraction of sp³-hybridized carbons (Fsp3) is 0.545. The van der Waals surface area contributed by atoms with Crippen molar-refractivity contribution in [2.75, 3.05) is 18.5 Å². The first-order valence-electron chi connectivity index (χ1n) is 10.5. The molecular formula is C22H27F2N3O5S. The highest BCUT2D eigenvalue weighted by Crippen LogP contribution is 2.46. The lowest BCUT2D eigenvalue weighted by Gasteiger charge is -2.43. The van der Waals surface area contributed by atoms with Crippen molar-refractivity contribution < 1.29 is 32.7 Å². The molecule has 2 unspecified atom stereocenters. The predicted molar refractivity (Wildman–Crippen MR) is 118 cm³/mol. The van der Waals surface area contributed by atoms with Crippen molar-refractivity contribution in [1.29, 1.82) is 0 Å². The summed E-state index contributed by atoms with van der Waals surface area (Å²) in [6.45, 7) is 4.91. The van der Waals surface area contributed by atoms with Crippen LogP contribution >= 0.6 is 11.8 Å². The van der Waals surface area contributed by atoms with E-state index in [9.17, 15) is 28.0 Å². The number of benzene rings is 1. The van der Waals surface area contributed by atoms with E-state index < -0.39 is 48.3 Å². The smallest absolute Gasteiger partial charge is 0.326 e. The number of alkyl halides is 2. The van der Waals surface area contributed by atoms with Gasteiger partial charge in [0.1, 0.15) is 12.1 Å². The molecule has 2 aliphatic rings. The van der Waals surface area contributed by atoms with E-state index >= 15 is 0 Å². The van der Waals surface area contributed by atoms with Gasteiger partial charge in [0.25, 0.3) is 17.6 Å². The van der Waals surface area contributed by atoms with Crippen LogP contribution in [0.5, 0.6) is 0 Å². The van der Waals surface area contributed by atoms with Crippen molar-refractivity contribution in [2.24, 2.45) is 11.3 Å². The SMILES string of the molecule is CC1CC(C)(C)CC2(C1)NC(=O)N(CC(=O)OCC(=O)Nc1ccc(SC(F)F)cc1)C2=O. The highest BCUT2D eigenvalue weighted by molar-refractivity contribution is 7.99. The summed E-state index contributed by atoms with van der Waals surface area (Å²) in [5, 5.41) is 5.25. The number of ether oxygens (including phenoxy) is 1. The second kappa shape index (κ2) is 9.66. The van der Waals surface area contributed by atoms with Gasteiger partial charge in [-0.15, -0.1) is 0 Å². The van der Waals surface area contributed by atoms with Crippen LogP contribution < -0.4 is 10.6 Å². The third kappa shape index (κ3) is 6.21. The number of halogens is 2. The summed E-state index contributed by atoms with van der Waals surface area (Å²) in [4.78, 5) is 50.9. The molecule has 1 saturated heterocycles. The molecule has 4 amide bonds. The predicted octanol–water partition coefficient (Wildman–Crippen LogP) is 3.62. The second-order valence-electron chi connectivity index (χ2n) is 9.37. The largest absolute Gasteiger partial charge is 0.454 e. The fourth-order valence-electron chi connectivity index (χ4n) is 4.89. The normalized spacial score (nSPS) is 24.2. The van der Waals surface area contributed by atoms with Gasteiger partial charge in [0.05, 0.1) is 0 Å². The number of carbonyl (C=O) groups excluding carboxylic acids is 4. The minimum Gasteiger partial charge on any atom is -0.454 e. The number of nitrogens with zero attached hydrogens (tertiary/aromatic N) is 1. The molecule has 2 N–H and O–H groups in total. The number of imide groups is 1. The van der Waals surface area contributed by atoms with Gasteiger partial charge in [-0.3, -0.25) is 19.3 Å². The minimum absolute atomic E-state index is 0.133. The topological polar surface area (TPSA) is 105 Å². The Bertz CT molecular complexity index is 940. The van der Waals surface area contributed by atoms with E-state index in [1.807, 2.05) is 20.8 Å². The Morgan fingerprint density at radius 1 is 1.24 bits per heavy atom. The molecule has 0 radical (unpaired) electrons. The monoisotopic (exact) mass is 483 g/mol. The Kier molecular flexibility index (Phi) is 7.30. The molecule has 2 atom stereocenters. The van der Waals surface area contributed by atoms with Gasteiger partial charge in [-0.05, 0) is 54.9 Å². The van der Waals surface area contributed by atoms with E-state index in [2.05, 4.69) is 10.6 Å². The highest BCUT2D eigenvalue weighted by Gasteiger charge is 2.56. The Morgan fingerprint density at radius 3 is 2.52 bits per heavy atom. The molecule has 0 aromatic heterocycles. The van der Waals surface area contributed by atoms with E-state index in [-0.39, 0.29) is 11.3 Å². The third-order valence-electron chi connectivity index (χ3n) is 5.64. The Hall–Kier alpha value is -2.69. The molecule has 1 aromatic carbocycles. The number of rotatable bonds is 7. The number of esters is 1. The van der Waals surface area contributed by atoms with Crippen molar-refractivity contribution in [3.05, 3.63) is 24.3 Å². The molecule has 1 heterocycles. The zero-order valence-electron chi connectivity index (χ0n) is 18.7. The van der Waals surface area contributed by atoms with Gasteiger partial charge in [0.15, 0.2) is 6.61 Å². The van der Waals surface area contributed by atoms with Crippen LogP contribution in [0.25, 0.3) is 0 Å². The summed E-state index contributed by atoms with van der Waals surface area (Å²) < 4.78 is 29.6. The zero-order chi connectivity index (χ0) is 24.4. The lowest BCUT2D eigenvalue weighted by Crippen LogP contribution is -2.54. The van der Waals surface area contributed by atoms with E-state index in [1.54, 1.807) is 0 Å². The molecule has 1 spiro atoms. The molecule has 2 fully saturated rings. The molecule has 11 heteroatoms. The van der Waals surface area contributed by atoms with Gasteiger partial charge < -0.3 is 15.4 Å². The molecule has 8 nitrogen and oxygen atoms in total. The number of carbonyl (C=O) groups is 4. The van der Waals surface area contributed by atoms with Crippen LogP contribution in [-0.4, -0.2) is 53.2 Å². The van der Waals surface area contributed by atoms with Gasteiger partial charge in [-0.1, -0.05) is 32.5 Å². The minimum atomic E-state index is -2.54. The van der Waals surface area contributed by atoms with Crippen LogP contribution in [0.2, 0.25) is 0 Å². The first-order valence-corrected chi connectivity index (χ1v) is 11.4. The Balaban J connectivity index is 1.51. The molecular weight excluding hydrogens is 456 g/mol. The summed E-state index contributed by atoms with van der Waals surface area (Å²) in [5.41, 5.74) is -0.810. The van der Waals surface area contributed by atoms with Crippen LogP contribution in [0.4, 0.5) is 19.3 Å². The maximum Gasteiger partial charge on any atom is 0.326 e. The summed E-state index contributed by atoms with van der Waals surface area (Å²) >= 11 is 0.383. The highest BCUT2D eigenvalue weighted by atomic mass is 32.2. The maximum absolute atomic E-state index is 13.0. The maximum atomic E-state index is 13.0. The number of thioether (sulfide) groups is 1. The summed E-state index contributed by atoms with van der Waals surface area (Å²) in [6.07, 6.45) is 1.92. The zero-order valence-corrected chi connectivity index (χ0v) is 19.5. The third-order valence-corrected chi connectivity index (χ3v) is 6.36. The van der Waals surface area contributed by atoms with Crippen molar-refractivity contribution >= 4 is 41.3 Å². The number of anilines is 1. The van der Waals surface area contributed by atoms with Crippen LogP contribution in [0.3, 0.4) is 0 Å². The van der Waals surface area contributed by atoms with Crippen LogP contribution in [-0.2, 0) is 19.1 Å². The quantitative estimate of drug-likeness (QED) is 0.349. The lowest BCUT2D eigenvalue weighted by molar-refractivity contribution is -0.150. The Labute approximate surface area is 194 Å². The number of hydrogen-bond donors (Lipinski definition) is 2. The first-order chi connectivity index (χ1) is 15.4. The average molecular weight is 484 g/mol. The van der Waals surface area contributed by atoms with Crippen LogP contribution in [0.1, 0.15) is 40.0 Å². The van der Waals surface area contributed by atoms with Crippen molar-refractivity contribution in [1.82, 2.24) is 10.2 Å². The van der Waals surface area contributed by atoms with Crippen LogP contribution in [0, 0.1) is 11.3 Å². The van der Waals surface area contributed by atoms with Crippen LogP contribution in [0.15, 0.2) is 29.2 Å². The molecule has 3 rings (SSSR count).